The van der Waals surface area contributed by atoms with Crippen molar-refractivity contribution in [1.29, 1.82) is 0 Å². The van der Waals surface area contributed by atoms with E-state index in [2.05, 4.69) is 13.0 Å². The lowest BCUT2D eigenvalue weighted by atomic mass is 9.44. The van der Waals surface area contributed by atoms with Crippen molar-refractivity contribution in [2.45, 2.75) is 90.3 Å². The van der Waals surface area contributed by atoms with Gasteiger partial charge in [0.25, 0.3) is 0 Å². The van der Waals surface area contributed by atoms with E-state index in [9.17, 15) is 9.90 Å². The molecule has 194 valence electrons. The summed E-state index contributed by atoms with van der Waals surface area (Å²) in [7, 11) is 0. The topological polar surface area (TPSA) is 81.8 Å². The molecule has 5 aliphatic rings. The van der Waals surface area contributed by atoms with Gasteiger partial charge in [-0.15, -0.1) is 0 Å². The van der Waals surface area contributed by atoms with Crippen LogP contribution in [0.4, 0.5) is 0 Å². The average Bonchev–Trinajstić information content (AvgIpc) is 3.01. The Morgan fingerprint density at radius 3 is 2.80 bits per heavy atom. The van der Waals surface area contributed by atoms with E-state index >= 15 is 0 Å². The monoisotopic (exact) mass is 483 g/mol. The van der Waals surface area contributed by atoms with E-state index in [1.807, 2.05) is 25.2 Å². The van der Waals surface area contributed by atoms with Crippen molar-refractivity contribution in [3.05, 3.63) is 35.6 Å². The molecule has 7 atom stereocenters. The Hall–Kier alpha value is -1.43. The molecule has 0 aromatic heterocycles. The second-order valence-electron chi connectivity index (χ2n) is 12.2. The molecule has 0 spiro atoms. The number of carbonyl (C=O) groups excluding carboxylic acids is 1. The third kappa shape index (κ3) is 4.46. The third-order valence-corrected chi connectivity index (χ3v) is 10.8. The summed E-state index contributed by atoms with van der Waals surface area (Å²) in [5, 5.41) is 11.0. The molecule has 0 aromatic carbocycles. The maximum atomic E-state index is 13.4. The van der Waals surface area contributed by atoms with Gasteiger partial charge in [-0.25, -0.2) is 0 Å². The lowest BCUT2D eigenvalue weighted by Crippen LogP contribution is -2.57. The molecule has 4 fully saturated rings. The highest BCUT2D eigenvalue weighted by Gasteiger charge is 2.62. The predicted octanol–water partition coefficient (Wildman–Crippen LogP) is 5.44. The van der Waals surface area contributed by atoms with Gasteiger partial charge in [-0.1, -0.05) is 25.2 Å². The van der Waals surface area contributed by atoms with Gasteiger partial charge in [-0.05, 0) is 92.6 Å². The van der Waals surface area contributed by atoms with Crippen LogP contribution in [0, 0.1) is 34.5 Å². The van der Waals surface area contributed by atoms with Gasteiger partial charge in [0.1, 0.15) is 5.78 Å². The van der Waals surface area contributed by atoms with Crippen LogP contribution in [-0.4, -0.2) is 36.4 Å². The fourth-order valence-corrected chi connectivity index (χ4v) is 8.92. The number of aliphatic hydroxyl groups is 1. The molecule has 0 heterocycles. The highest BCUT2D eigenvalue weighted by Crippen LogP contribution is 2.67. The molecular formula is C30H45NO4. The van der Waals surface area contributed by atoms with Gasteiger partial charge in [-0.3, -0.25) is 4.79 Å². The molecule has 35 heavy (non-hydrogen) atoms. The number of hydrogen-bond acceptors (Lipinski definition) is 5. The van der Waals surface area contributed by atoms with Crippen LogP contribution in [0.25, 0.3) is 0 Å². The van der Waals surface area contributed by atoms with Crippen molar-refractivity contribution in [2.24, 2.45) is 40.2 Å². The summed E-state index contributed by atoms with van der Waals surface area (Å²) in [4.78, 5) is 13.4. The van der Waals surface area contributed by atoms with E-state index in [4.69, 9.17) is 15.2 Å². The number of carbonyl (C=O) groups is 1. The zero-order valence-corrected chi connectivity index (χ0v) is 21.8. The van der Waals surface area contributed by atoms with Crippen LogP contribution >= 0.6 is 0 Å². The van der Waals surface area contributed by atoms with Gasteiger partial charge in [0.05, 0.1) is 12.4 Å². The van der Waals surface area contributed by atoms with Crippen LogP contribution in [0.15, 0.2) is 35.6 Å². The minimum Gasteiger partial charge on any atom is -0.498 e. The second kappa shape index (κ2) is 9.79. The summed E-state index contributed by atoms with van der Waals surface area (Å²) in [6.07, 6.45) is 18.7. The third-order valence-electron chi connectivity index (χ3n) is 10.8. The number of hydrogen-bond donors (Lipinski definition) is 2. The van der Waals surface area contributed by atoms with E-state index in [0.29, 0.717) is 49.2 Å². The van der Waals surface area contributed by atoms with E-state index in [1.54, 1.807) is 0 Å². The lowest BCUT2D eigenvalue weighted by Gasteiger charge is -2.61. The first kappa shape index (κ1) is 25.2. The largest absolute Gasteiger partial charge is 0.498 e. The molecular weight excluding hydrogens is 438 g/mol. The van der Waals surface area contributed by atoms with Gasteiger partial charge >= 0.3 is 0 Å². The highest BCUT2D eigenvalue weighted by molar-refractivity contribution is 5.87. The summed E-state index contributed by atoms with van der Waals surface area (Å²) in [5.41, 5.74) is 6.98. The van der Waals surface area contributed by atoms with Crippen molar-refractivity contribution in [3.63, 3.8) is 0 Å². The van der Waals surface area contributed by atoms with Gasteiger partial charge in [0.2, 0.25) is 0 Å². The number of ketones is 1. The van der Waals surface area contributed by atoms with Crippen LogP contribution in [0.5, 0.6) is 0 Å². The number of ether oxygens (including phenoxy) is 2. The Kier molecular flexibility index (Phi) is 7.06. The quantitative estimate of drug-likeness (QED) is 0.471. The Labute approximate surface area is 211 Å². The molecule has 0 saturated heterocycles. The smallest absolute Gasteiger partial charge is 0.165 e. The van der Waals surface area contributed by atoms with Crippen molar-refractivity contribution in [3.8, 4) is 0 Å². The van der Waals surface area contributed by atoms with Crippen LogP contribution in [-0.2, 0) is 14.3 Å². The van der Waals surface area contributed by atoms with Crippen molar-refractivity contribution in [2.75, 3.05) is 19.8 Å². The van der Waals surface area contributed by atoms with Crippen LogP contribution in [0.2, 0.25) is 0 Å². The maximum absolute atomic E-state index is 13.4. The fraction of sp³-hybridized carbons (Fsp3) is 0.767. The Bertz CT molecular complexity index is 908. The number of nitrogens with two attached hydrogens (primary N) is 1. The first-order chi connectivity index (χ1) is 16.8. The summed E-state index contributed by atoms with van der Waals surface area (Å²) in [5.74, 6) is 2.82. The zero-order chi connectivity index (χ0) is 24.7. The van der Waals surface area contributed by atoms with Gasteiger partial charge in [-0.2, -0.15) is 0 Å². The molecule has 4 saturated carbocycles. The van der Waals surface area contributed by atoms with Crippen LogP contribution in [0.3, 0.4) is 0 Å². The minimum atomic E-state index is -0.938. The Morgan fingerprint density at radius 1 is 1.14 bits per heavy atom. The Balaban J connectivity index is 1.27. The number of fused-ring (bicyclic) bond motifs is 5. The normalized spacial score (nSPS) is 42.9. The first-order valence-electron chi connectivity index (χ1n) is 14.1. The SMILES string of the molecule is CCOC1(O)CC[C@@]2(C)C(CCC3C4CCC(=O)[C@@]4(CCOC4=CC=CC(CN)=CC4)CCC32)C1. The molecule has 3 N–H and O–H groups in total. The molecule has 0 amide bonds. The first-order valence-corrected chi connectivity index (χ1v) is 14.1. The van der Waals surface area contributed by atoms with Crippen molar-refractivity contribution < 1.29 is 19.4 Å². The highest BCUT2D eigenvalue weighted by atomic mass is 16.6. The predicted molar refractivity (Wildman–Crippen MR) is 137 cm³/mol. The molecule has 5 aliphatic carbocycles. The summed E-state index contributed by atoms with van der Waals surface area (Å²) >= 11 is 0. The standard InChI is InChI=1S/C30H45NO4/c1-3-35-30(33)16-15-28(2)22(19-30)8-10-24-25(28)13-14-29(26(24)11-12-27(29)32)17-18-34-23-6-4-5-21(20-31)7-9-23/h4-7,22,24-26,33H,3,8-20,31H2,1-2H3/t22?,24?,25?,26?,28-,29+,30?/m0/s1. The van der Waals surface area contributed by atoms with Crippen molar-refractivity contribution in [1.82, 2.24) is 0 Å². The van der Waals surface area contributed by atoms with E-state index in [0.717, 1.165) is 75.5 Å². The molecule has 0 radical (unpaired) electrons. The molecule has 0 bridgehead atoms. The number of Topliss-reactive ketones (excluding diaryl/α,β-unsaturated/α-hetero) is 1. The lowest BCUT2D eigenvalue weighted by molar-refractivity contribution is -0.257. The summed E-state index contributed by atoms with van der Waals surface area (Å²) in [6.45, 7) is 6.19. The number of allylic oxidation sites excluding steroid dienone is 3. The van der Waals surface area contributed by atoms with E-state index in [1.165, 1.54) is 6.42 Å². The van der Waals surface area contributed by atoms with Gasteiger partial charge < -0.3 is 20.3 Å². The Morgan fingerprint density at radius 2 is 2.00 bits per heavy atom. The maximum Gasteiger partial charge on any atom is 0.165 e. The number of rotatable bonds is 7. The molecule has 5 nitrogen and oxygen atoms in total. The van der Waals surface area contributed by atoms with Crippen LogP contribution in [0.1, 0.15) is 84.5 Å². The van der Waals surface area contributed by atoms with Crippen molar-refractivity contribution >= 4 is 5.78 Å². The minimum absolute atomic E-state index is 0.190. The van der Waals surface area contributed by atoms with Gasteiger partial charge in [0.15, 0.2) is 5.79 Å². The second-order valence-corrected chi connectivity index (χ2v) is 12.2. The van der Waals surface area contributed by atoms with Gasteiger partial charge in [0, 0.05) is 44.2 Å². The zero-order valence-electron chi connectivity index (χ0n) is 21.8. The molecule has 5 rings (SSSR count). The summed E-state index contributed by atoms with van der Waals surface area (Å²) < 4.78 is 12.0. The summed E-state index contributed by atoms with van der Waals surface area (Å²) in [6, 6.07) is 0. The molecule has 5 unspecified atom stereocenters. The molecule has 5 heteroatoms. The molecule has 0 aromatic rings. The van der Waals surface area contributed by atoms with E-state index < -0.39 is 5.79 Å². The van der Waals surface area contributed by atoms with E-state index in [-0.39, 0.29) is 10.8 Å². The fourth-order valence-electron chi connectivity index (χ4n) is 8.92. The average molecular weight is 484 g/mol. The molecule has 0 aliphatic heterocycles. The van der Waals surface area contributed by atoms with Crippen LogP contribution < -0.4 is 5.73 Å².